The predicted octanol–water partition coefficient (Wildman–Crippen LogP) is 2.34. The van der Waals surface area contributed by atoms with Gasteiger partial charge in [-0.15, -0.1) is 0 Å². The van der Waals surface area contributed by atoms with Crippen LogP contribution in [0.3, 0.4) is 0 Å². The van der Waals surface area contributed by atoms with Crippen molar-refractivity contribution in [3.05, 3.63) is 52.8 Å². The van der Waals surface area contributed by atoms with Crippen molar-refractivity contribution in [1.82, 2.24) is 15.1 Å². The lowest BCUT2D eigenvalue weighted by molar-refractivity contribution is -0.137. The molecule has 23 heavy (non-hydrogen) atoms. The fourth-order valence-electron chi connectivity index (χ4n) is 2.25. The van der Waals surface area contributed by atoms with Gasteiger partial charge in [0.2, 0.25) is 5.91 Å². The number of halogens is 1. The second kappa shape index (κ2) is 7.78. The van der Waals surface area contributed by atoms with E-state index in [2.05, 4.69) is 10.4 Å². The molecule has 0 aliphatic carbocycles. The molecule has 0 fully saturated rings. The number of carboxylic acid groups (broad SMARTS) is 1. The number of rotatable bonds is 7. The fourth-order valence-corrected chi connectivity index (χ4v) is 2.37. The number of carboxylic acids is 1. The normalized spacial score (nSPS) is 11.9. The number of amides is 1. The van der Waals surface area contributed by atoms with Gasteiger partial charge in [-0.1, -0.05) is 23.7 Å². The molecule has 2 N–H and O–H groups in total. The fraction of sp³-hybridized carbons (Fsp3) is 0.312. The third kappa shape index (κ3) is 5.41. The maximum atomic E-state index is 12.1. The van der Waals surface area contributed by atoms with Crippen LogP contribution < -0.4 is 5.32 Å². The Labute approximate surface area is 139 Å². The van der Waals surface area contributed by atoms with Gasteiger partial charge < -0.3 is 10.4 Å². The predicted molar refractivity (Wildman–Crippen MR) is 86.1 cm³/mol. The van der Waals surface area contributed by atoms with Gasteiger partial charge in [-0.3, -0.25) is 14.3 Å². The second-order valence-electron chi connectivity index (χ2n) is 5.29. The van der Waals surface area contributed by atoms with Gasteiger partial charge in [-0.05, 0) is 29.7 Å². The molecule has 0 aliphatic heterocycles. The SMILES string of the molecule is Cn1cc(CCC(=O)N[C@@H](CC(=O)O)c2ccc(Cl)cc2)cn1. The summed E-state index contributed by atoms with van der Waals surface area (Å²) in [5, 5.41) is 16.4. The quantitative estimate of drug-likeness (QED) is 0.813. The van der Waals surface area contributed by atoms with Crippen LogP contribution in [0.25, 0.3) is 0 Å². The summed E-state index contributed by atoms with van der Waals surface area (Å²) < 4.78 is 1.67. The number of carbonyl (C=O) groups is 2. The minimum absolute atomic E-state index is 0.180. The number of nitrogens with zero attached hydrogens (tertiary/aromatic N) is 2. The first-order valence-electron chi connectivity index (χ1n) is 7.18. The van der Waals surface area contributed by atoms with Crippen LogP contribution in [0.2, 0.25) is 5.02 Å². The lowest BCUT2D eigenvalue weighted by Crippen LogP contribution is -2.30. The van der Waals surface area contributed by atoms with Crippen LogP contribution >= 0.6 is 11.6 Å². The molecule has 6 nitrogen and oxygen atoms in total. The number of carbonyl (C=O) groups excluding carboxylic acids is 1. The Bertz CT molecular complexity index is 682. The van der Waals surface area contributed by atoms with Crippen molar-refractivity contribution >= 4 is 23.5 Å². The van der Waals surface area contributed by atoms with E-state index < -0.39 is 12.0 Å². The van der Waals surface area contributed by atoms with Crippen LogP contribution in [-0.4, -0.2) is 26.8 Å². The van der Waals surface area contributed by atoms with Crippen LogP contribution in [0.5, 0.6) is 0 Å². The van der Waals surface area contributed by atoms with Crippen molar-refractivity contribution in [3.63, 3.8) is 0 Å². The van der Waals surface area contributed by atoms with Gasteiger partial charge in [0, 0.05) is 24.7 Å². The summed E-state index contributed by atoms with van der Waals surface area (Å²) in [6, 6.07) is 6.21. The third-order valence-electron chi connectivity index (χ3n) is 3.39. The molecule has 7 heteroatoms. The average Bonchev–Trinajstić information content (AvgIpc) is 2.90. The highest BCUT2D eigenvalue weighted by Crippen LogP contribution is 2.20. The van der Waals surface area contributed by atoms with Gasteiger partial charge in [-0.2, -0.15) is 5.10 Å². The Morgan fingerprint density at radius 2 is 2.04 bits per heavy atom. The summed E-state index contributed by atoms with van der Waals surface area (Å²) in [6.45, 7) is 0. The molecule has 0 saturated carbocycles. The highest BCUT2D eigenvalue weighted by Gasteiger charge is 2.18. The molecule has 2 aromatic rings. The topological polar surface area (TPSA) is 84.2 Å². The minimum Gasteiger partial charge on any atom is -0.481 e. The summed E-state index contributed by atoms with van der Waals surface area (Å²) >= 11 is 5.84. The Hall–Kier alpha value is -2.34. The molecule has 0 saturated heterocycles. The maximum absolute atomic E-state index is 12.1. The van der Waals surface area contributed by atoms with E-state index >= 15 is 0 Å². The first kappa shape index (κ1) is 17.0. The largest absolute Gasteiger partial charge is 0.481 e. The van der Waals surface area contributed by atoms with Crippen LogP contribution in [0.15, 0.2) is 36.7 Å². The molecule has 1 heterocycles. The summed E-state index contributed by atoms with van der Waals surface area (Å²) in [5.41, 5.74) is 1.68. The molecule has 2 rings (SSSR count). The molecule has 1 atom stereocenters. The number of aromatic nitrogens is 2. The molecular weight excluding hydrogens is 318 g/mol. The van der Waals surface area contributed by atoms with E-state index in [-0.39, 0.29) is 18.7 Å². The van der Waals surface area contributed by atoms with Crippen LogP contribution in [-0.2, 0) is 23.1 Å². The van der Waals surface area contributed by atoms with Crippen LogP contribution in [0, 0.1) is 0 Å². The molecule has 1 aromatic heterocycles. The first-order valence-corrected chi connectivity index (χ1v) is 7.56. The Morgan fingerprint density at radius 1 is 1.35 bits per heavy atom. The molecule has 122 valence electrons. The maximum Gasteiger partial charge on any atom is 0.305 e. The van der Waals surface area contributed by atoms with E-state index in [0.29, 0.717) is 17.0 Å². The van der Waals surface area contributed by atoms with Crippen LogP contribution in [0.4, 0.5) is 0 Å². The van der Waals surface area contributed by atoms with Crippen molar-refractivity contribution in [2.24, 2.45) is 7.05 Å². The number of hydrogen-bond acceptors (Lipinski definition) is 3. The van der Waals surface area contributed by atoms with E-state index in [0.717, 1.165) is 5.56 Å². The highest BCUT2D eigenvalue weighted by molar-refractivity contribution is 6.30. The second-order valence-corrected chi connectivity index (χ2v) is 5.73. The monoisotopic (exact) mass is 335 g/mol. The van der Waals surface area contributed by atoms with Crippen molar-refractivity contribution in [2.45, 2.75) is 25.3 Å². The van der Waals surface area contributed by atoms with Crippen molar-refractivity contribution in [1.29, 1.82) is 0 Å². The van der Waals surface area contributed by atoms with E-state index in [9.17, 15) is 9.59 Å². The number of aliphatic carboxylic acids is 1. The lowest BCUT2D eigenvalue weighted by atomic mass is 10.0. The number of nitrogens with one attached hydrogen (secondary N) is 1. The summed E-state index contributed by atoms with van der Waals surface area (Å²) in [5.74, 6) is -1.17. The molecule has 0 unspecified atom stereocenters. The number of benzene rings is 1. The van der Waals surface area contributed by atoms with Gasteiger partial charge in [-0.25, -0.2) is 0 Å². The smallest absolute Gasteiger partial charge is 0.305 e. The van der Waals surface area contributed by atoms with Crippen molar-refractivity contribution in [2.75, 3.05) is 0 Å². The number of aryl methyl sites for hydroxylation is 2. The molecule has 1 aromatic carbocycles. The Balaban J connectivity index is 1.97. The molecule has 1 amide bonds. The van der Waals surface area contributed by atoms with Crippen molar-refractivity contribution < 1.29 is 14.7 Å². The standard InChI is InChI=1S/C16H18ClN3O3/c1-20-10-11(9-18-20)2-7-15(21)19-14(8-16(22)23)12-3-5-13(17)6-4-12/h3-6,9-10,14H,2,7-8H2,1H3,(H,19,21)(H,22,23)/t14-/m0/s1. The van der Waals surface area contributed by atoms with E-state index in [4.69, 9.17) is 16.7 Å². The molecular formula is C16H18ClN3O3. The van der Waals surface area contributed by atoms with E-state index in [1.807, 2.05) is 13.2 Å². The minimum atomic E-state index is -0.975. The van der Waals surface area contributed by atoms with Gasteiger partial charge in [0.1, 0.15) is 0 Å². The Morgan fingerprint density at radius 3 is 2.61 bits per heavy atom. The summed E-state index contributed by atoms with van der Waals surface area (Å²) in [7, 11) is 1.81. The van der Waals surface area contributed by atoms with E-state index in [1.54, 1.807) is 35.1 Å². The zero-order valence-corrected chi connectivity index (χ0v) is 13.5. The molecule has 0 radical (unpaired) electrons. The zero-order chi connectivity index (χ0) is 16.8. The van der Waals surface area contributed by atoms with Gasteiger partial charge in [0.25, 0.3) is 0 Å². The first-order chi connectivity index (χ1) is 10.9. The van der Waals surface area contributed by atoms with Crippen molar-refractivity contribution in [3.8, 4) is 0 Å². The zero-order valence-electron chi connectivity index (χ0n) is 12.7. The highest BCUT2D eigenvalue weighted by atomic mass is 35.5. The molecule has 0 aliphatic rings. The van der Waals surface area contributed by atoms with E-state index in [1.165, 1.54) is 0 Å². The Kier molecular flexibility index (Phi) is 5.76. The van der Waals surface area contributed by atoms with Crippen LogP contribution in [0.1, 0.15) is 30.0 Å². The average molecular weight is 336 g/mol. The van der Waals surface area contributed by atoms with Gasteiger partial charge in [0.05, 0.1) is 18.7 Å². The summed E-state index contributed by atoms with van der Waals surface area (Å²) in [4.78, 5) is 23.1. The lowest BCUT2D eigenvalue weighted by Gasteiger charge is -2.17. The summed E-state index contributed by atoms with van der Waals surface area (Å²) in [6.07, 6.45) is 4.21. The van der Waals surface area contributed by atoms with Gasteiger partial charge >= 0.3 is 5.97 Å². The van der Waals surface area contributed by atoms with Gasteiger partial charge in [0.15, 0.2) is 0 Å². The molecule has 0 bridgehead atoms. The number of hydrogen-bond donors (Lipinski definition) is 2. The third-order valence-corrected chi connectivity index (χ3v) is 3.64. The molecule has 0 spiro atoms.